The molecule has 3 nitrogen and oxygen atoms in total. The summed E-state index contributed by atoms with van der Waals surface area (Å²) in [6.45, 7) is 10.1. The van der Waals surface area contributed by atoms with E-state index in [1.165, 1.54) is 5.56 Å². The van der Waals surface area contributed by atoms with Gasteiger partial charge in [-0.25, -0.2) is 0 Å². The molecular weight excluding hydrogens is 316 g/mol. The van der Waals surface area contributed by atoms with Gasteiger partial charge in [0.2, 0.25) is 5.91 Å². The lowest BCUT2D eigenvalue weighted by molar-refractivity contribution is -0.124. The van der Waals surface area contributed by atoms with E-state index in [9.17, 15) is 4.79 Å². The molecule has 0 radical (unpaired) electrons. The molecule has 1 aromatic rings. The van der Waals surface area contributed by atoms with Gasteiger partial charge in [-0.2, -0.15) is 0 Å². The molecule has 2 N–H and O–H groups in total. The van der Waals surface area contributed by atoms with Gasteiger partial charge in [0.1, 0.15) is 0 Å². The molecule has 0 aliphatic rings. The predicted molar refractivity (Wildman–Crippen MR) is 87.7 cm³/mol. The molecule has 112 valence electrons. The van der Waals surface area contributed by atoms with Crippen molar-refractivity contribution in [1.29, 1.82) is 0 Å². The second-order valence-corrected chi connectivity index (χ2v) is 6.80. The predicted octanol–water partition coefficient (Wildman–Crippen LogP) is 3.79. The monoisotopic (exact) mass is 340 g/mol. The van der Waals surface area contributed by atoms with Crippen molar-refractivity contribution in [3.05, 3.63) is 34.3 Å². The number of amides is 1. The molecule has 0 aromatic heterocycles. The van der Waals surface area contributed by atoms with Crippen LogP contribution in [0.3, 0.4) is 0 Å². The van der Waals surface area contributed by atoms with Crippen molar-refractivity contribution < 1.29 is 4.79 Å². The molecule has 1 rings (SSSR count). The summed E-state index contributed by atoms with van der Waals surface area (Å²) in [7, 11) is 0. The maximum atomic E-state index is 12.2. The van der Waals surface area contributed by atoms with Crippen LogP contribution in [-0.2, 0) is 4.79 Å². The molecular formula is C16H25BrN2O. The standard InChI is InChI=1S/C16H25BrN2O/c1-6-16(4,5)19-15(20)12(3)18-11(2)13-7-9-14(17)10-8-13/h7-12,18H,6H2,1-5H3,(H,19,20). The molecule has 20 heavy (non-hydrogen) atoms. The zero-order chi connectivity index (χ0) is 15.3. The number of carbonyl (C=O) groups excluding carboxylic acids is 1. The largest absolute Gasteiger partial charge is 0.350 e. The number of hydrogen-bond acceptors (Lipinski definition) is 2. The fourth-order valence-corrected chi connectivity index (χ4v) is 2.09. The van der Waals surface area contributed by atoms with Crippen LogP contribution >= 0.6 is 15.9 Å². The first kappa shape index (κ1) is 17.2. The number of nitrogens with one attached hydrogen (secondary N) is 2. The summed E-state index contributed by atoms with van der Waals surface area (Å²) in [5.41, 5.74) is 1.01. The van der Waals surface area contributed by atoms with Gasteiger partial charge in [0, 0.05) is 16.1 Å². The number of rotatable bonds is 6. The topological polar surface area (TPSA) is 41.1 Å². The fraction of sp³-hybridized carbons (Fsp3) is 0.562. The van der Waals surface area contributed by atoms with Crippen molar-refractivity contribution >= 4 is 21.8 Å². The van der Waals surface area contributed by atoms with Gasteiger partial charge in [-0.1, -0.05) is 35.0 Å². The third-order valence-electron chi connectivity index (χ3n) is 3.61. The average molecular weight is 341 g/mol. The molecule has 0 aliphatic carbocycles. The summed E-state index contributed by atoms with van der Waals surface area (Å²) >= 11 is 3.43. The van der Waals surface area contributed by atoms with Crippen molar-refractivity contribution in [2.75, 3.05) is 0 Å². The number of carbonyl (C=O) groups is 1. The van der Waals surface area contributed by atoms with Crippen molar-refractivity contribution in [2.24, 2.45) is 0 Å². The lowest BCUT2D eigenvalue weighted by Gasteiger charge is -2.28. The van der Waals surface area contributed by atoms with E-state index < -0.39 is 0 Å². The first-order chi connectivity index (χ1) is 9.25. The van der Waals surface area contributed by atoms with Gasteiger partial charge in [-0.3, -0.25) is 10.1 Å². The summed E-state index contributed by atoms with van der Waals surface area (Å²) in [5, 5.41) is 6.40. The summed E-state index contributed by atoms with van der Waals surface area (Å²) < 4.78 is 1.06. The molecule has 1 aromatic carbocycles. The maximum Gasteiger partial charge on any atom is 0.237 e. The molecule has 0 saturated heterocycles. The average Bonchev–Trinajstić information content (AvgIpc) is 2.38. The van der Waals surface area contributed by atoms with Crippen LogP contribution in [0.15, 0.2) is 28.7 Å². The van der Waals surface area contributed by atoms with Crippen molar-refractivity contribution in [1.82, 2.24) is 10.6 Å². The highest BCUT2D eigenvalue weighted by Crippen LogP contribution is 2.17. The van der Waals surface area contributed by atoms with Gasteiger partial charge in [0.25, 0.3) is 0 Å². The Morgan fingerprint density at radius 2 is 1.80 bits per heavy atom. The highest BCUT2D eigenvalue weighted by molar-refractivity contribution is 9.10. The highest BCUT2D eigenvalue weighted by Gasteiger charge is 2.22. The van der Waals surface area contributed by atoms with E-state index in [-0.39, 0.29) is 23.5 Å². The van der Waals surface area contributed by atoms with Crippen molar-refractivity contribution in [3.63, 3.8) is 0 Å². The van der Waals surface area contributed by atoms with Gasteiger partial charge in [0.05, 0.1) is 6.04 Å². The van der Waals surface area contributed by atoms with Crippen LogP contribution in [0.2, 0.25) is 0 Å². The first-order valence-electron chi connectivity index (χ1n) is 7.08. The second kappa shape index (κ2) is 7.23. The smallest absolute Gasteiger partial charge is 0.237 e. The minimum Gasteiger partial charge on any atom is -0.350 e. The van der Waals surface area contributed by atoms with Crippen LogP contribution in [-0.4, -0.2) is 17.5 Å². The third-order valence-corrected chi connectivity index (χ3v) is 4.14. The summed E-state index contributed by atoms with van der Waals surface area (Å²) in [4.78, 5) is 12.2. The van der Waals surface area contributed by atoms with E-state index in [4.69, 9.17) is 0 Å². The fourth-order valence-electron chi connectivity index (χ4n) is 1.83. The van der Waals surface area contributed by atoms with Gasteiger partial charge in [-0.05, 0) is 51.8 Å². The van der Waals surface area contributed by atoms with E-state index in [0.717, 1.165) is 10.9 Å². The Bertz CT molecular complexity index is 442. The summed E-state index contributed by atoms with van der Waals surface area (Å²) in [6, 6.07) is 8.05. The summed E-state index contributed by atoms with van der Waals surface area (Å²) in [6.07, 6.45) is 0.910. The molecule has 0 fully saturated rings. The van der Waals surface area contributed by atoms with E-state index in [1.54, 1.807) is 0 Å². The molecule has 2 atom stereocenters. The third kappa shape index (κ3) is 5.25. The molecule has 1 amide bonds. The van der Waals surface area contributed by atoms with Crippen LogP contribution < -0.4 is 10.6 Å². The van der Waals surface area contributed by atoms with Crippen LogP contribution in [0.5, 0.6) is 0 Å². The number of halogens is 1. The van der Waals surface area contributed by atoms with Gasteiger partial charge < -0.3 is 5.32 Å². The Balaban J connectivity index is 2.59. The second-order valence-electron chi connectivity index (χ2n) is 5.89. The van der Waals surface area contributed by atoms with E-state index in [1.807, 2.05) is 32.9 Å². The lowest BCUT2D eigenvalue weighted by Crippen LogP contribution is -2.51. The zero-order valence-electron chi connectivity index (χ0n) is 13.0. The summed E-state index contributed by atoms with van der Waals surface area (Å²) in [5.74, 6) is 0.0424. The zero-order valence-corrected chi connectivity index (χ0v) is 14.5. The molecule has 0 aliphatic heterocycles. The van der Waals surface area contributed by atoms with Gasteiger partial charge in [-0.15, -0.1) is 0 Å². The van der Waals surface area contributed by atoms with Gasteiger partial charge >= 0.3 is 0 Å². The van der Waals surface area contributed by atoms with Crippen molar-refractivity contribution in [3.8, 4) is 0 Å². The van der Waals surface area contributed by atoms with Crippen LogP contribution in [0.25, 0.3) is 0 Å². The van der Waals surface area contributed by atoms with E-state index in [2.05, 4.69) is 52.5 Å². The molecule has 2 unspecified atom stereocenters. The minimum absolute atomic E-state index is 0.0424. The number of benzene rings is 1. The Morgan fingerprint density at radius 1 is 1.25 bits per heavy atom. The van der Waals surface area contributed by atoms with Crippen LogP contribution in [0.1, 0.15) is 52.6 Å². The van der Waals surface area contributed by atoms with Crippen LogP contribution in [0, 0.1) is 0 Å². The van der Waals surface area contributed by atoms with E-state index >= 15 is 0 Å². The Kier molecular flexibility index (Phi) is 6.21. The highest BCUT2D eigenvalue weighted by atomic mass is 79.9. The molecule has 0 bridgehead atoms. The minimum atomic E-state index is -0.223. The number of hydrogen-bond donors (Lipinski definition) is 2. The molecule has 0 spiro atoms. The molecule has 0 saturated carbocycles. The Morgan fingerprint density at radius 3 is 2.30 bits per heavy atom. The quantitative estimate of drug-likeness (QED) is 0.826. The van der Waals surface area contributed by atoms with Crippen molar-refractivity contribution in [2.45, 2.75) is 58.7 Å². The van der Waals surface area contributed by atoms with Crippen LogP contribution in [0.4, 0.5) is 0 Å². The SMILES string of the molecule is CCC(C)(C)NC(=O)C(C)NC(C)c1ccc(Br)cc1. The van der Waals surface area contributed by atoms with E-state index in [0.29, 0.717) is 0 Å². The Hall–Kier alpha value is -0.870. The maximum absolute atomic E-state index is 12.2. The Labute approximate surface area is 130 Å². The lowest BCUT2D eigenvalue weighted by atomic mass is 10.0. The molecule has 4 heteroatoms. The first-order valence-corrected chi connectivity index (χ1v) is 7.88. The molecule has 0 heterocycles. The van der Waals surface area contributed by atoms with Gasteiger partial charge in [0.15, 0.2) is 0 Å². The normalized spacial score (nSPS) is 14.7.